The Balaban J connectivity index is 1.53. The number of Topliss-reactive ketones (excluding diaryl/α,β-unsaturated/α-hetero) is 1. The van der Waals surface area contributed by atoms with Crippen molar-refractivity contribution in [3.05, 3.63) is 53.6 Å². The highest BCUT2D eigenvalue weighted by atomic mass is 16.6. The average Bonchev–Trinajstić information content (AvgIpc) is 2.87. The van der Waals surface area contributed by atoms with E-state index in [2.05, 4.69) is 0 Å². The Bertz CT molecular complexity index is 1120. The topological polar surface area (TPSA) is 85.4 Å². The second-order valence-electron chi connectivity index (χ2n) is 10.4. The number of hydrogen-bond acceptors (Lipinski definition) is 6. The number of ether oxygens (including phenoxy) is 3. The number of carbonyl (C=O) groups is 3. The fraction of sp³-hybridized carbons (Fsp3) is 0.500. The number of aryl methyl sites for hydroxylation is 1. The summed E-state index contributed by atoms with van der Waals surface area (Å²) in [6, 6.07) is 13.0. The first-order chi connectivity index (χ1) is 18.1. The standard InChI is InChI=1S/C30H40N2O6/c1-6-36-26-12-7-8-13-27(26)37-20-19-32(29(35)38-30(2,3)4)18-10-9-11-25(33)23-14-16-24-22(21-23)15-17-28(34)31(24)5/h7-8,12-14,16,21H,6,9-11,15,17-20H2,1-5H3. The molecule has 206 valence electrons. The van der Waals surface area contributed by atoms with E-state index in [1.54, 1.807) is 22.9 Å². The lowest BCUT2D eigenvalue weighted by atomic mass is 9.96. The predicted molar refractivity (Wildman–Crippen MR) is 147 cm³/mol. The van der Waals surface area contributed by atoms with Crippen molar-refractivity contribution in [3.63, 3.8) is 0 Å². The van der Waals surface area contributed by atoms with Crippen LogP contribution in [0.15, 0.2) is 42.5 Å². The number of ketones is 1. The van der Waals surface area contributed by atoms with E-state index in [0.717, 1.165) is 11.3 Å². The molecule has 2 aromatic carbocycles. The van der Waals surface area contributed by atoms with Crippen LogP contribution in [0.3, 0.4) is 0 Å². The van der Waals surface area contributed by atoms with Crippen LogP contribution in [-0.4, -0.2) is 61.6 Å². The number of para-hydroxylation sites is 2. The number of nitrogens with zero attached hydrogens (tertiary/aromatic N) is 2. The van der Waals surface area contributed by atoms with Gasteiger partial charge in [-0.05, 0) is 82.9 Å². The smallest absolute Gasteiger partial charge is 0.410 e. The Morgan fingerprint density at radius 3 is 2.37 bits per heavy atom. The predicted octanol–water partition coefficient (Wildman–Crippen LogP) is 5.66. The number of fused-ring (bicyclic) bond motifs is 1. The van der Waals surface area contributed by atoms with Crippen LogP contribution in [0.2, 0.25) is 0 Å². The summed E-state index contributed by atoms with van der Waals surface area (Å²) >= 11 is 0. The molecule has 1 aliphatic rings. The Morgan fingerprint density at radius 2 is 1.68 bits per heavy atom. The van der Waals surface area contributed by atoms with Gasteiger partial charge in [0, 0.05) is 37.7 Å². The van der Waals surface area contributed by atoms with Gasteiger partial charge in [0.2, 0.25) is 5.91 Å². The lowest BCUT2D eigenvalue weighted by molar-refractivity contribution is -0.118. The summed E-state index contributed by atoms with van der Waals surface area (Å²) in [5, 5.41) is 0. The number of benzene rings is 2. The van der Waals surface area contributed by atoms with E-state index in [1.807, 2.05) is 64.1 Å². The van der Waals surface area contributed by atoms with Crippen molar-refractivity contribution in [2.45, 2.75) is 65.4 Å². The van der Waals surface area contributed by atoms with E-state index in [-0.39, 0.29) is 18.3 Å². The highest BCUT2D eigenvalue weighted by Crippen LogP contribution is 2.28. The summed E-state index contributed by atoms with van der Waals surface area (Å²) in [5.74, 6) is 1.45. The van der Waals surface area contributed by atoms with Gasteiger partial charge in [-0.2, -0.15) is 0 Å². The van der Waals surface area contributed by atoms with Gasteiger partial charge in [0.15, 0.2) is 17.3 Å². The van der Waals surface area contributed by atoms with Gasteiger partial charge in [-0.1, -0.05) is 12.1 Å². The third-order valence-corrected chi connectivity index (χ3v) is 6.25. The fourth-order valence-corrected chi connectivity index (χ4v) is 4.29. The SMILES string of the molecule is CCOc1ccccc1OCCN(CCCCC(=O)c1ccc2c(c1)CCC(=O)N2C)C(=O)OC(C)(C)C. The molecule has 8 nitrogen and oxygen atoms in total. The molecule has 0 saturated heterocycles. The number of anilines is 1. The van der Waals surface area contributed by atoms with Crippen LogP contribution in [0.1, 0.15) is 69.3 Å². The van der Waals surface area contributed by atoms with Crippen LogP contribution in [-0.2, 0) is 16.0 Å². The zero-order valence-corrected chi connectivity index (χ0v) is 23.2. The van der Waals surface area contributed by atoms with E-state index < -0.39 is 11.7 Å². The summed E-state index contributed by atoms with van der Waals surface area (Å²) in [7, 11) is 1.76. The normalized spacial score (nSPS) is 13.1. The van der Waals surface area contributed by atoms with Crippen molar-refractivity contribution in [1.82, 2.24) is 4.90 Å². The molecule has 0 fully saturated rings. The molecule has 8 heteroatoms. The molecule has 0 saturated carbocycles. The summed E-state index contributed by atoms with van der Waals surface area (Å²) in [6.07, 6.45) is 2.39. The molecule has 2 amide bonds. The van der Waals surface area contributed by atoms with E-state index in [9.17, 15) is 14.4 Å². The largest absolute Gasteiger partial charge is 0.490 e. The molecule has 3 rings (SSSR count). The van der Waals surface area contributed by atoms with Gasteiger partial charge in [0.05, 0.1) is 13.2 Å². The number of amides is 2. The molecular weight excluding hydrogens is 484 g/mol. The van der Waals surface area contributed by atoms with Gasteiger partial charge in [-0.3, -0.25) is 9.59 Å². The third-order valence-electron chi connectivity index (χ3n) is 6.25. The fourth-order valence-electron chi connectivity index (χ4n) is 4.29. The highest BCUT2D eigenvalue weighted by molar-refractivity contribution is 5.99. The molecule has 0 unspecified atom stereocenters. The van der Waals surface area contributed by atoms with Crippen molar-refractivity contribution in [2.75, 3.05) is 38.3 Å². The Morgan fingerprint density at radius 1 is 0.974 bits per heavy atom. The van der Waals surface area contributed by atoms with Crippen LogP contribution in [0.4, 0.5) is 10.5 Å². The summed E-state index contributed by atoms with van der Waals surface area (Å²) in [4.78, 5) is 40.9. The van der Waals surface area contributed by atoms with Gasteiger partial charge in [-0.15, -0.1) is 0 Å². The second kappa shape index (κ2) is 13.3. The van der Waals surface area contributed by atoms with Crippen molar-refractivity contribution in [2.24, 2.45) is 0 Å². The molecule has 1 aliphatic heterocycles. The maximum atomic E-state index is 12.8. The van der Waals surface area contributed by atoms with Gasteiger partial charge in [-0.25, -0.2) is 4.79 Å². The monoisotopic (exact) mass is 524 g/mol. The van der Waals surface area contributed by atoms with Crippen LogP contribution in [0.25, 0.3) is 0 Å². The molecule has 2 aromatic rings. The molecule has 1 heterocycles. The molecule has 0 aromatic heterocycles. The summed E-state index contributed by atoms with van der Waals surface area (Å²) in [6.45, 7) is 9.04. The quantitative estimate of drug-likeness (QED) is 0.263. The average molecular weight is 525 g/mol. The highest BCUT2D eigenvalue weighted by Gasteiger charge is 2.23. The Labute approximate surface area is 225 Å². The van der Waals surface area contributed by atoms with Gasteiger partial charge >= 0.3 is 6.09 Å². The molecule has 0 radical (unpaired) electrons. The lowest BCUT2D eigenvalue weighted by Gasteiger charge is -2.27. The van der Waals surface area contributed by atoms with Crippen LogP contribution < -0.4 is 14.4 Å². The molecule has 38 heavy (non-hydrogen) atoms. The zero-order valence-electron chi connectivity index (χ0n) is 23.2. The van der Waals surface area contributed by atoms with Gasteiger partial charge in [0.25, 0.3) is 0 Å². The zero-order chi connectivity index (χ0) is 27.7. The van der Waals surface area contributed by atoms with Crippen LogP contribution >= 0.6 is 0 Å². The maximum Gasteiger partial charge on any atom is 0.410 e. The van der Waals surface area contributed by atoms with Crippen molar-refractivity contribution in [3.8, 4) is 11.5 Å². The molecule has 0 bridgehead atoms. The minimum atomic E-state index is -0.612. The first-order valence-electron chi connectivity index (χ1n) is 13.3. The van der Waals surface area contributed by atoms with E-state index in [0.29, 0.717) is 68.9 Å². The van der Waals surface area contributed by atoms with Crippen LogP contribution in [0, 0.1) is 0 Å². The van der Waals surface area contributed by atoms with Crippen molar-refractivity contribution < 1.29 is 28.6 Å². The maximum absolute atomic E-state index is 12.8. The van der Waals surface area contributed by atoms with E-state index in [4.69, 9.17) is 14.2 Å². The number of unbranched alkanes of at least 4 members (excludes halogenated alkanes) is 1. The second-order valence-corrected chi connectivity index (χ2v) is 10.4. The number of carbonyl (C=O) groups excluding carboxylic acids is 3. The minimum absolute atomic E-state index is 0.0621. The van der Waals surface area contributed by atoms with E-state index in [1.165, 1.54) is 0 Å². The first kappa shape index (κ1) is 29.0. The summed E-state index contributed by atoms with van der Waals surface area (Å²) < 4.78 is 17.1. The molecule has 0 aliphatic carbocycles. The minimum Gasteiger partial charge on any atom is -0.490 e. The summed E-state index contributed by atoms with van der Waals surface area (Å²) in [5.41, 5.74) is 1.95. The first-order valence-corrected chi connectivity index (χ1v) is 13.3. The van der Waals surface area contributed by atoms with E-state index >= 15 is 0 Å². The molecular formula is C30H40N2O6. The third kappa shape index (κ3) is 8.23. The number of hydrogen-bond donors (Lipinski definition) is 0. The van der Waals surface area contributed by atoms with Crippen molar-refractivity contribution >= 4 is 23.5 Å². The van der Waals surface area contributed by atoms with Crippen LogP contribution in [0.5, 0.6) is 11.5 Å². The molecule has 0 N–H and O–H groups in total. The lowest BCUT2D eigenvalue weighted by Crippen LogP contribution is -2.39. The van der Waals surface area contributed by atoms with Gasteiger partial charge < -0.3 is 24.0 Å². The Kier molecular flexibility index (Phi) is 10.2. The Hall–Kier alpha value is -3.55. The van der Waals surface area contributed by atoms with Gasteiger partial charge in [0.1, 0.15) is 12.2 Å². The molecule has 0 spiro atoms. The van der Waals surface area contributed by atoms with Crippen molar-refractivity contribution in [1.29, 1.82) is 0 Å². The number of rotatable bonds is 12. The molecule has 0 atom stereocenters.